The van der Waals surface area contributed by atoms with Crippen molar-refractivity contribution in [2.45, 2.75) is 45.4 Å². The zero-order chi connectivity index (χ0) is 12.3. The summed E-state index contributed by atoms with van der Waals surface area (Å²) in [5, 5.41) is 7.92. The molecular weight excluding hydrogens is 210 g/mol. The fourth-order valence-electron chi connectivity index (χ4n) is 3.23. The van der Waals surface area contributed by atoms with Crippen LogP contribution in [-0.4, -0.2) is 22.9 Å². The SMILES string of the molecule is CCNCC1CCCCC1c1c(C)cnn1C. The summed E-state index contributed by atoms with van der Waals surface area (Å²) < 4.78 is 2.09. The van der Waals surface area contributed by atoms with Gasteiger partial charge in [-0.25, -0.2) is 0 Å². The summed E-state index contributed by atoms with van der Waals surface area (Å²) in [6, 6.07) is 0. The number of rotatable bonds is 4. The van der Waals surface area contributed by atoms with Crippen LogP contribution in [0.5, 0.6) is 0 Å². The van der Waals surface area contributed by atoms with E-state index in [0.717, 1.165) is 19.0 Å². The van der Waals surface area contributed by atoms with Crippen molar-refractivity contribution in [2.75, 3.05) is 13.1 Å². The fourth-order valence-corrected chi connectivity index (χ4v) is 3.23. The number of nitrogens with one attached hydrogen (secondary N) is 1. The van der Waals surface area contributed by atoms with Gasteiger partial charge in [-0.05, 0) is 44.3 Å². The first-order chi connectivity index (χ1) is 8.24. The molecule has 1 aliphatic rings. The summed E-state index contributed by atoms with van der Waals surface area (Å²) in [5.41, 5.74) is 2.83. The minimum absolute atomic E-state index is 0.704. The number of hydrogen-bond acceptors (Lipinski definition) is 2. The monoisotopic (exact) mass is 235 g/mol. The smallest absolute Gasteiger partial charge is 0.0521 e. The van der Waals surface area contributed by atoms with E-state index in [9.17, 15) is 0 Å². The molecule has 3 nitrogen and oxygen atoms in total. The third-order valence-electron chi connectivity index (χ3n) is 4.09. The predicted octanol–water partition coefficient (Wildman–Crippen LogP) is 2.61. The summed E-state index contributed by atoms with van der Waals surface area (Å²) in [4.78, 5) is 0. The molecule has 1 fully saturated rings. The summed E-state index contributed by atoms with van der Waals surface area (Å²) in [6.45, 7) is 6.62. The molecule has 1 aromatic rings. The van der Waals surface area contributed by atoms with Crippen molar-refractivity contribution < 1.29 is 0 Å². The third kappa shape index (κ3) is 2.71. The van der Waals surface area contributed by atoms with Gasteiger partial charge in [0, 0.05) is 18.7 Å². The van der Waals surface area contributed by atoms with Gasteiger partial charge in [-0.15, -0.1) is 0 Å². The van der Waals surface area contributed by atoms with Crippen LogP contribution in [0, 0.1) is 12.8 Å². The van der Waals surface area contributed by atoms with Crippen molar-refractivity contribution in [1.29, 1.82) is 0 Å². The Morgan fingerprint density at radius 3 is 2.82 bits per heavy atom. The van der Waals surface area contributed by atoms with E-state index in [1.165, 1.54) is 36.9 Å². The Morgan fingerprint density at radius 1 is 1.41 bits per heavy atom. The van der Waals surface area contributed by atoms with Gasteiger partial charge >= 0.3 is 0 Å². The largest absolute Gasteiger partial charge is 0.317 e. The molecule has 1 N–H and O–H groups in total. The van der Waals surface area contributed by atoms with Gasteiger partial charge in [-0.1, -0.05) is 19.8 Å². The van der Waals surface area contributed by atoms with Crippen LogP contribution < -0.4 is 5.32 Å². The van der Waals surface area contributed by atoms with Crippen LogP contribution >= 0.6 is 0 Å². The van der Waals surface area contributed by atoms with Gasteiger partial charge in [0.2, 0.25) is 0 Å². The van der Waals surface area contributed by atoms with E-state index < -0.39 is 0 Å². The highest BCUT2D eigenvalue weighted by Crippen LogP contribution is 2.38. The van der Waals surface area contributed by atoms with Crippen LogP contribution in [0.4, 0.5) is 0 Å². The maximum Gasteiger partial charge on any atom is 0.0521 e. The van der Waals surface area contributed by atoms with Gasteiger partial charge in [0.05, 0.1) is 6.20 Å². The van der Waals surface area contributed by atoms with Crippen LogP contribution in [0.25, 0.3) is 0 Å². The zero-order valence-corrected chi connectivity index (χ0v) is 11.4. The van der Waals surface area contributed by atoms with Gasteiger partial charge in [0.25, 0.3) is 0 Å². The fraction of sp³-hybridized carbons (Fsp3) is 0.786. The molecule has 1 aliphatic carbocycles. The van der Waals surface area contributed by atoms with Crippen molar-refractivity contribution >= 4 is 0 Å². The second kappa shape index (κ2) is 5.67. The van der Waals surface area contributed by atoms with Gasteiger partial charge in [-0.3, -0.25) is 4.68 Å². The molecule has 1 saturated carbocycles. The molecule has 1 aromatic heterocycles. The molecule has 0 saturated heterocycles. The maximum atomic E-state index is 4.40. The quantitative estimate of drug-likeness (QED) is 0.869. The summed E-state index contributed by atoms with van der Waals surface area (Å²) >= 11 is 0. The summed E-state index contributed by atoms with van der Waals surface area (Å²) in [5.74, 6) is 1.49. The molecule has 0 aromatic carbocycles. The van der Waals surface area contributed by atoms with Crippen molar-refractivity contribution in [1.82, 2.24) is 15.1 Å². The third-order valence-corrected chi connectivity index (χ3v) is 4.09. The second-order valence-electron chi connectivity index (χ2n) is 5.30. The molecule has 2 rings (SSSR count). The van der Waals surface area contributed by atoms with Crippen LogP contribution in [0.3, 0.4) is 0 Å². The lowest BCUT2D eigenvalue weighted by molar-refractivity contribution is 0.286. The molecule has 96 valence electrons. The molecule has 1 heterocycles. The molecule has 0 radical (unpaired) electrons. The van der Waals surface area contributed by atoms with Crippen molar-refractivity contribution in [3.63, 3.8) is 0 Å². The standard InChI is InChI=1S/C14H25N3/c1-4-15-10-12-7-5-6-8-13(12)14-11(2)9-16-17(14)3/h9,12-13,15H,4-8,10H2,1-3H3. The van der Waals surface area contributed by atoms with E-state index in [4.69, 9.17) is 0 Å². The molecule has 2 unspecified atom stereocenters. The minimum atomic E-state index is 0.704. The summed E-state index contributed by atoms with van der Waals surface area (Å²) in [6.07, 6.45) is 7.47. The van der Waals surface area contributed by atoms with Crippen molar-refractivity contribution in [3.8, 4) is 0 Å². The Bertz CT molecular complexity index is 337. The second-order valence-corrected chi connectivity index (χ2v) is 5.30. The van der Waals surface area contributed by atoms with Crippen LogP contribution in [0.1, 0.15) is 49.8 Å². The lowest BCUT2D eigenvalue weighted by Gasteiger charge is -2.32. The van der Waals surface area contributed by atoms with Crippen LogP contribution in [0.15, 0.2) is 6.20 Å². The van der Waals surface area contributed by atoms with E-state index in [1.807, 2.05) is 6.20 Å². The van der Waals surface area contributed by atoms with E-state index in [2.05, 4.69) is 36.0 Å². The minimum Gasteiger partial charge on any atom is -0.317 e. The zero-order valence-electron chi connectivity index (χ0n) is 11.4. The lowest BCUT2D eigenvalue weighted by atomic mass is 9.76. The maximum absolute atomic E-state index is 4.40. The Hall–Kier alpha value is -0.830. The topological polar surface area (TPSA) is 29.9 Å². The first-order valence-electron chi connectivity index (χ1n) is 6.93. The van der Waals surface area contributed by atoms with E-state index in [1.54, 1.807) is 0 Å². The number of hydrogen-bond donors (Lipinski definition) is 1. The van der Waals surface area contributed by atoms with Crippen LogP contribution in [-0.2, 0) is 7.05 Å². The highest BCUT2D eigenvalue weighted by atomic mass is 15.3. The molecule has 0 spiro atoms. The van der Waals surface area contributed by atoms with Gasteiger partial charge in [-0.2, -0.15) is 5.10 Å². The first-order valence-corrected chi connectivity index (χ1v) is 6.93. The highest BCUT2D eigenvalue weighted by Gasteiger charge is 2.29. The summed E-state index contributed by atoms with van der Waals surface area (Å²) in [7, 11) is 2.08. The molecule has 0 aliphatic heterocycles. The van der Waals surface area contributed by atoms with E-state index in [0.29, 0.717) is 5.92 Å². The van der Waals surface area contributed by atoms with Gasteiger partial charge in [0.15, 0.2) is 0 Å². The van der Waals surface area contributed by atoms with Crippen molar-refractivity contribution in [2.24, 2.45) is 13.0 Å². The Kier molecular flexibility index (Phi) is 4.21. The highest BCUT2D eigenvalue weighted by molar-refractivity contribution is 5.21. The lowest BCUT2D eigenvalue weighted by Crippen LogP contribution is -2.30. The van der Waals surface area contributed by atoms with Gasteiger partial charge < -0.3 is 5.32 Å². The molecule has 0 bridgehead atoms. The Balaban J connectivity index is 2.15. The molecule has 17 heavy (non-hydrogen) atoms. The normalized spacial score (nSPS) is 25.1. The average molecular weight is 235 g/mol. The molecule has 0 amide bonds. The van der Waals surface area contributed by atoms with E-state index >= 15 is 0 Å². The van der Waals surface area contributed by atoms with Crippen LogP contribution in [0.2, 0.25) is 0 Å². The number of nitrogens with zero attached hydrogens (tertiary/aromatic N) is 2. The van der Waals surface area contributed by atoms with Crippen molar-refractivity contribution in [3.05, 3.63) is 17.5 Å². The molecule has 2 atom stereocenters. The Morgan fingerprint density at radius 2 is 2.18 bits per heavy atom. The van der Waals surface area contributed by atoms with Gasteiger partial charge in [0.1, 0.15) is 0 Å². The number of aryl methyl sites for hydroxylation is 2. The predicted molar refractivity (Wildman–Crippen MR) is 71.2 cm³/mol. The average Bonchev–Trinajstić information content (AvgIpc) is 2.67. The molecular formula is C14H25N3. The molecule has 3 heteroatoms. The van der Waals surface area contributed by atoms with E-state index in [-0.39, 0.29) is 0 Å². The number of aromatic nitrogens is 2. The Labute approximate surface area is 105 Å². The first kappa shape index (κ1) is 12.6.